The predicted molar refractivity (Wildman–Crippen MR) is 82.3 cm³/mol. The average Bonchev–Trinajstić information content (AvgIpc) is 2.52. The van der Waals surface area contributed by atoms with Crippen molar-refractivity contribution in [2.75, 3.05) is 37.7 Å². The van der Waals surface area contributed by atoms with E-state index in [2.05, 4.69) is 34.4 Å². The fourth-order valence-corrected chi connectivity index (χ4v) is 2.08. The number of aromatic nitrogens is 1. The molecule has 0 unspecified atom stereocenters. The molecule has 1 aromatic heterocycles. The highest BCUT2D eigenvalue weighted by molar-refractivity contribution is 5.73. The van der Waals surface area contributed by atoms with Gasteiger partial charge < -0.3 is 20.3 Å². The lowest BCUT2D eigenvalue weighted by Gasteiger charge is -2.28. The van der Waals surface area contributed by atoms with Gasteiger partial charge in [0.2, 0.25) is 0 Å². The Morgan fingerprint density at radius 2 is 2.14 bits per heavy atom. The molecule has 0 atom stereocenters. The normalized spacial score (nSPS) is 15.1. The van der Waals surface area contributed by atoms with Crippen molar-refractivity contribution in [2.24, 2.45) is 5.92 Å². The molecule has 2 heterocycles. The Balaban J connectivity index is 1.84. The van der Waals surface area contributed by atoms with Crippen LogP contribution in [0.3, 0.4) is 0 Å². The third kappa shape index (κ3) is 5.23. The number of nitrogens with zero attached hydrogens (tertiary/aromatic N) is 2. The molecule has 0 bridgehead atoms. The summed E-state index contributed by atoms with van der Waals surface area (Å²) in [6.07, 6.45) is 1.79. The number of anilines is 1. The minimum absolute atomic E-state index is 0.131. The Kier molecular flexibility index (Phi) is 5.80. The molecule has 1 aliphatic rings. The maximum absolute atomic E-state index is 11.6. The van der Waals surface area contributed by atoms with Crippen molar-refractivity contribution in [1.82, 2.24) is 15.6 Å². The summed E-state index contributed by atoms with van der Waals surface area (Å²) < 4.78 is 5.34. The molecule has 1 saturated heterocycles. The van der Waals surface area contributed by atoms with Crippen molar-refractivity contribution in [2.45, 2.75) is 20.4 Å². The Morgan fingerprint density at radius 1 is 1.38 bits per heavy atom. The summed E-state index contributed by atoms with van der Waals surface area (Å²) in [6.45, 7) is 8.52. The van der Waals surface area contributed by atoms with E-state index < -0.39 is 0 Å². The van der Waals surface area contributed by atoms with Gasteiger partial charge in [-0.05, 0) is 23.6 Å². The molecule has 2 amide bonds. The molecule has 0 radical (unpaired) electrons. The van der Waals surface area contributed by atoms with E-state index in [0.29, 0.717) is 19.0 Å². The van der Waals surface area contributed by atoms with E-state index in [-0.39, 0.29) is 6.03 Å². The summed E-state index contributed by atoms with van der Waals surface area (Å²) in [5.74, 6) is 1.39. The highest BCUT2D eigenvalue weighted by Crippen LogP contribution is 2.14. The summed E-state index contributed by atoms with van der Waals surface area (Å²) in [4.78, 5) is 18.2. The number of ether oxygens (including phenoxy) is 1. The van der Waals surface area contributed by atoms with Crippen molar-refractivity contribution in [1.29, 1.82) is 0 Å². The largest absolute Gasteiger partial charge is 0.378 e. The summed E-state index contributed by atoms with van der Waals surface area (Å²) >= 11 is 0. The molecule has 0 saturated carbocycles. The molecule has 1 aliphatic heterocycles. The summed E-state index contributed by atoms with van der Waals surface area (Å²) in [5, 5.41) is 5.70. The Labute approximate surface area is 125 Å². The van der Waals surface area contributed by atoms with Crippen molar-refractivity contribution in [3.8, 4) is 0 Å². The second-order valence-corrected chi connectivity index (χ2v) is 5.58. The summed E-state index contributed by atoms with van der Waals surface area (Å²) in [5.41, 5.74) is 1.05. The zero-order chi connectivity index (χ0) is 15.1. The number of amides is 2. The number of nitrogens with one attached hydrogen (secondary N) is 2. The van der Waals surface area contributed by atoms with Gasteiger partial charge in [0.15, 0.2) is 0 Å². The predicted octanol–water partition coefficient (Wildman–Crippen LogP) is 1.37. The zero-order valence-electron chi connectivity index (χ0n) is 12.8. The maximum atomic E-state index is 11.6. The van der Waals surface area contributed by atoms with Gasteiger partial charge in [-0.15, -0.1) is 0 Å². The molecule has 116 valence electrons. The first-order valence-electron chi connectivity index (χ1n) is 7.44. The lowest BCUT2D eigenvalue weighted by Crippen LogP contribution is -2.37. The van der Waals surface area contributed by atoms with E-state index in [1.165, 1.54) is 0 Å². The molecule has 0 aliphatic carbocycles. The van der Waals surface area contributed by atoms with Crippen LogP contribution in [0.1, 0.15) is 19.4 Å². The van der Waals surface area contributed by atoms with Crippen LogP contribution in [-0.2, 0) is 11.3 Å². The number of rotatable bonds is 5. The molecule has 2 N–H and O–H groups in total. The Morgan fingerprint density at radius 3 is 2.86 bits per heavy atom. The number of urea groups is 1. The Bertz CT molecular complexity index is 459. The van der Waals surface area contributed by atoms with E-state index in [0.717, 1.165) is 37.7 Å². The molecule has 0 spiro atoms. The highest BCUT2D eigenvalue weighted by Gasteiger charge is 2.12. The summed E-state index contributed by atoms with van der Waals surface area (Å²) in [6, 6.07) is 3.81. The summed E-state index contributed by atoms with van der Waals surface area (Å²) in [7, 11) is 0. The van der Waals surface area contributed by atoms with Crippen molar-refractivity contribution in [3.05, 3.63) is 23.9 Å². The fourth-order valence-electron chi connectivity index (χ4n) is 2.08. The van der Waals surface area contributed by atoms with E-state index >= 15 is 0 Å². The van der Waals surface area contributed by atoms with Crippen LogP contribution in [0.5, 0.6) is 0 Å². The number of hydrogen-bond donors (Lipinski definition) is 2. The monoisotopic (exact) mass is 292 g/mol. The second-order valence-electron chi connectivity index (χ2n) is 5.58. The van der Waals surface area contributed by atoms with Gasteiger partial charge in [0, 0.05) is 32.4 Å². The first kappa shape index (κ1) is 15.6. The number of pyridine rings is 1. The van der Waals surface area contributed by atoms with Crippen LogP contribution in [0.2, 0.25) is 0 Å². The quantitative estimate of drug-likeness (QED) is 0.860. The van der Waals surface area contributed by atoms with Crippen molar-refractivity contribution in [3.63, 3.8) is 0 Å². The number of carbonyl (C=O) groups is 1. The van der Waals surface area contributed by atoms with Crippen LogP contribution in [0.25, 0.3) is 0 Å². The van der Waals surface area contributed by atoms with E-state index in [4.69, 9.17) is 4.74 Å². The number of carbonyl (C=O) groups excluding carboxylic acids is 1. The van der Waals surface area contributed by atoms with Crippen LogP contribution in [-0.4, -0.2) is 43.9 Å². The van der Waals surface area contributed by atoms with Crippen LogP contribution >= 0.6 is 0 Å². The van der Waals surface area contributed by atoms with Gasteiger partial charge in [-0.25, -0.2) is 9.78 Å². The van der Waals surface area contributed by atoms with Crippen molar-refractivity contribution < 1.29 is 9.53 Å². The third-order valence-corrected chi connectivity index (χ3v) is 3.27. The molecule has 6 nitrogen and oxygen atoms in total. The van der Waals surface area contributed by atoms with Gasteiger partial charge >= 0.3 is 6.03 Å². The fraction of sp³-hybridized carbons (Fsp3) is 0.600. The van der Waals surface area contributed by atoms with Gasteiger partial charge in [-0.2, -0.15) is 0 Å². The lowest BCUT2D eigenvalue weighted by atomic mass is 10.2. The van der Waals surface area contributed by atoms with Crippen LogP contribution in [0.15, 0.2) is 18.3 Å². The number of morpholine rings is 1. The molecule has 1 aromatic rings. The minimum Gasteiger partial charge on any atom is -0.378 e. The molecule has 0 aromatic carbocycles. The number of hydrogen-bond acceptors (Lipinski definition) is 4. The SMILES string of the molecule is CC(C)CNC(=O)NCc1ccnc(N2CCOCC2)c1. The van der Waals surface area contributed by atoms with Crippen LogP contribution in [0.4, 0.5) is 10.6 Å². The molecule has 6 heteroatoms. The third-order valence-electron chi connectivity index (χ3n) is 3.27. The first-order valence-corrected chi connectivity index (χ1v) is 7.44. The molecular formula is C15H24N4O2. The average molecular weight is 292 g/mol. The Hall–Kier alpha value is -1.82. The van der Waals surface area contributed by atoms with Gasteiger partial charge in [0.1, 0.15) is 5.82 Å². The minimum atomic E-state index is -0.131. The van der Waals surface area contributed by atoms with Crippen LogP contribution < -0.4 is 15.5 Å². The van der Waals surface area contributed by atoms with Gasteiger partial charge in [-0.3, -0.25) is 0 Å². The smallest absolute Gasteiger partial charge is 0.315 e. The topological polar surface area (TPSA) is 66.5 Å². The van der Waals surface area contributed by atoms with E-state index in [1.807, 2.05) is 12.1 Å². The standard InChI is InChI=1S/C15H24N4O2/c1-12(2)10-17-15(20)18-11-13-3-4-16-14(9-13)19-5-7-21-8-6-19/h3-4,9,12H,5-8,10-11H2,1-2H3,(H2,17,18,20). The van der Waals surface area contributed by atoms with Gasteiger partial charge in [-0.1, -0.05) is 13.8 Å². The molecule has 1 fully saturated rings. The van der Waals surface area contributed by atoms with E-state index in [1.54, 1.807) is 6.20 Å². The first-order chi connectivity index (χ1) is 10.1. The lowest BCUT2D eigenvalue weighted by molar-refractivity contribution is 0.122. The van der Waals surface area contributed by atoms with Crippen molar-refractivity contribution >= 4 is 11.8 Å². The molecule has 21 heavy (non-hydrogen) atoms. The van der Waals surface area contributed by atoms with Crippen LogP contribution in [0, 0.1) is 5.92 Å². The van der Waals surface area contributed by atoms with Gasteiger partial charge in [0.25, 0.3) is 0 Å². The second kappa shape index (κ2) is 7.83. The van der Waals surface area contributed by atoms with E-state index in [9.17, 15) is 4.79 Å². The highest BCUT2D eigenvalue weighted by atomic mass is 16.5. The zero-order valence-corrected chi connectivity index (χ0v) is 12.8. The molecule has 2 rings (SSSR count). The van der Waals surface area contributed by atoms with Gasteiger partial charge in [0.05, 0.1) is 13.2 Å². The molecular weight excluding hydrogens is 268 g/mol. The maximum Gasteiger partial charge on any atom is 0.315 e.